The summed E-state index contributed by atoms with van der Waals surface area (Å²) in [5.41, 5.74) is 1.39. The van der Waals surface area contributed by atoms with Gasteiger partial charge in [0, 0.05) is 6.04 Å². The molecule has 1 spiro atoms. The van der Waals surface area contributed by atoms with E-state index in [-0.39, 0.29) is 15.9 Å². The largest absolute Gasteiger partial charge is 0.467 e. The van der Waals surface area contributed by atoms with E-state index in [0.717, 1.165) is 36.0 Å². The maximum Gasteiger partial charge on any atom is 0.276 e. The molecule has 2 aromatic heterocycles. The first kappa shape index (κ1) is 16.0. The summed E-state index contributed by atoms with van der Waals surface area (Å²) in [5.74, 6) is 5.70. The number of H-pyrrole nitrogens is 1. The van der Waals surface area contributed by atoms with E-state index in [0.29, 0.717) is 23.0 Å². The second-order valence-electron chi connectivity index (χ2n) is 7.69. The third-order valence-electron chi connectivity index (χ3n) is 5.74. The molecular formula is C18H25N3O2S2. The van der Waals surface area contributed by atoms with Crippen LogP contribution in [0.1, 0.15) is 49.0 Å². The highest BCUT2D eigenvalue weighted by atomic mass is 32.3. The maximum absolute atomic E-state index is 12.6. The molecule has 25 heavy (non-hydrogen) atoms. The first-order valence-electron chi connectivity index (χ1n) is 9.40. The monoisotopic (exact) mass is 379 g/mol. The number of rotatable bonds is 4. The number of hydrogen-bond acceptors (Lipinski definition) is 4. The van der Waals surface area contributed by atoms with Crippen LogP contribution in [-0.4, -0.2) is 51.0 Å². The molecule has 5 rings (SSSR count). The van der Waals surface area contributed by atoms with E-state index < -0.39 is 0 Å². The summed E-state index contributed by atoms with van der Waals surface area (Å²) in [5, 5.41) is 3.95. The summed E-state index contributed by atoms with van der Waals surface area (Å²) >= 11 is 1.52. The van der Waals surface area contributed by atoms with Gasteiger partial charge in [-0.2, -0.15) is 4.98 Å². The summed E-state index contributed by atoms with van der Waals surface area (Å²) in [7, 11) is -0.298. The Bertz CT molecular complexity index is 748. The standard InChI is InChI=1S/C18H25N3O2S2/c22-17(19-12-5-9-25(10-6-12)7-1-2-8-25)14-11-15-16(20-14)21-18(24-15)23-13-3-4-13/h11-13,20H,1-10H2,(H,19,22). The average molecular weight is 380 g/mol. The zero-order valence-electron chi connectivity index (χ0n) is 14.4. The molecule has 3 aliphatic rings. The molecule has 4 heterocycles. The number of amides is 1. The van der Waals surface area contributed by atoms with E-state index in [4.69, 9.17) is 4.74 Å². The number of carbonyl (C=O) groups is 1. The van der Waals surface area contributed by atoms with Crippen LogP contribution < -0.4 is 10.1 Å². The summed E-state index contributed by atoms with van der Waals surface area (Å²) < 4.78 is 6.72. The summed E-state index contributed by atoms with van der Waals surface area (Å²) in [6.07, 6.45) is 7.81. The molecule has 1 saturated carbocycles. The highest BCUT2D eigenvalue weighted by Crippen LogP contribution is 2.57. The fraction of sp³-hybridized carbons (Fsp3) is 0.667. The smallest absolute Gasteiger partial charge is 0.276 e. The molecule has 2 saturated heterocycles. The Morgan fingerprint density at radius 1 is 1.20 bits per heavy atom. The molecule has 2 N–H and O–H groups in total. The average Bonchev–Trinajstić information content (AvgIpc) is 2.99. The molecule has 0 bridgehead atoms. The van der Waals surface area contributed by atoms with Gasteiger partial charge >= 0.3 is 0 Å². The van der Waals surface area contributed by atoms with Crippen LogP contribution >= 0.6 is 21.4 Å². The lowest BCUT2D eigenvalue weighted by Crippen LogP contribution is -2.40. The predicted octanol–water partition coefficient (Wildman–Crippen LogP) is 3.66. The first-order valence-corrected chi connectivity index (χ1v) is 12.5. The molecule has 2 aromatic rings. The third-order valence-corrected chi connectivity index (χ3v) is 11.1. The molecule has 136 valence electrons. The molecular weight excluding hydrogens is 354 g/mol. The van der Waals surface area contributed by atoms with E-state index in [9.17, 15) is 4.79 Å². The molecule has 1 aliphatic carbocycles. The molecule has 0 aromatic carbocycles. The zero-order valence-corrected chi connectivity index (χ0v) is 16.0. The molecule has 5 nitrogen and oxygen atoms in total. The van der Waals surface area contributed by atoms with Crippen molar-refractivity contribution in [2.24, 2.45) is 0 Å². The number of hydrogen-bond donors (Lipinski definition) is 2. The van der Waals surface area contributed by atoms with Crippen molar-refractivity contribution in [1.29, 1.82) is 0 Å². The summed E-state index contributed by atoms with van der Waals surface area (Å²) in [6, 6.07) is 2.25. The lowest BCUT2D eigenvalue weighted by atomic mass is 10.1. The molecule has 1 amide bonds. The SMILES string of the molecule is O=C(NC1CCS2(CCCC2)CC1)c1cc2sc(OC3CC3)nc2[nH]1. The van der Waals surface area contributed by atoms with Crippen molar-refractivity contribution >= 4 is 37.6 Å². The number of aromatic nitrogens is 2. The molecule has 2 aliphatic heterocycles. The van der Waals surface area contributed by atoms with Crippen molar-refractivity contribution < 1.29 is 9.53 Å². The van der Waals surface area contributed by atoms with Crippen molar-refractivity contribution in [1.82, 2.24) is 15.3 Å². The number of thiazole rings is 1. The Morgan fingerprint density at radius 3 is 2.64 bits per heavy atom. The molecule has 0 unspecified atom stereocenters. The normalized spacial score (nSPS) is 24.6. The number of ether oxygens (including phenoxy) is 1. The highest BCUT2D eigenvalue weighted by molar-refractivity contribution is 8.33. The second-order valence-corrected chi connectivity index (χ2v) is 12.8. The van der Waals surface area contributed by atoms with Gasteiger partial charge in [-0.25, -0.2) is 10.0 Å². The Balaban J connectivity index is 1.20. The Hall–Kier alpha value is -1.21. The van der Waals surface area contributed by atoms with E-state index in [2.05, 4.69) is 15.3 Å². The minimum Gasteiger partial charge on any atom is -0.467 e. The van der Waals surface area contributed by atoms with Crippen molar-refractivity contribution in [3.8, 4) is 5.19 Å². The van der Waals surface area contributed by atoms with Gasteiger partial charge in [-0.05, 0) is 67.6 Å². The molecule has 0 radical (unpaired) electrons. The number of fused-ring (bicyclic) bond motifs is 1. The summed E-state index contributed by atoms with van der Waals surface area (Å²) in [6.45, 7) is 0. The van der Waals surface area contributed by atoms with Gasteiger partial charge < -0.3 is 15.0 Å². The number of nitrogens with one attached hydrogen (secondary N) is 2. The maximum atomic E-state index is 12.6. The van der Waals surface area contributed by atoms with E-state index >= 15 is 0 Å². The van der Waals surface area contributed by atoms with Crippen LogP contribution in [0, 0.1) is 0 Å². The van der Waals surface area contributed by atoms with Crippen molar-refractivity contribution in [3.63, 3.8) is 0 Å². The van der Waals surface area contributed by atoms with Gasteiger partial charge in [0.1, 0.15) is 11.8 Å². The van der Waals surface area contributed by atoms with Crippen LogP contribution in [0.4, 0.5) is 0 Å². The second kappa shape index (κ2) is 6.20. The van der Waals surface area contributed by atoms with E-state index in [1.54, 1.807) is 0 Å². The zero-order chi connectivity index (χ0) is 16.9. The molecule has 7 heteroatoms. The number of nitrogens with zero attached hydrogens (tertiary/aromatic N) is 1. The highest BCUT2D eigenvalue weighted by Gasteiger charge is 2.33. The molecule has 3 fully saturated rings. The number of aromatic amines is 1. The Labute approximate surface area is 153 Å². The summed E-state index contributed by atoms with van der Waals surface area (Å²) in [4.78, 5) is 20.2. The topological polar surface area (TPSA) is 67.0 Å². The van der Waals surface area contributed by atoms with E-state index in [1.807, 2.05) is 6.07 Å². The van der Waals surface area contributed by atoms with Gasteiger partial charge in [-0.1, -0.05) is 11.3 Å². The molecule has 0 atom stereocenters. The lowest BCUT2D eigenvalue weighted by Gasteiger charge is -2.42. The van der Waals surface area contributed by atoms with Crippen LogP contribution in [0.2, 0.25) is 0 Å². The fourth-order valence-electron chi connectivity index (χ4n) is 4.06. The first-order chi connectivity index (χ1) is 12.2. The van der Waals surface area contributed by atoms with Crippen LogP contribution in [0.5, 0.6) is 5.19 Å². The van der Waals surface area contributed by atoms with Crippen molar-refractivity contribution in [2.75, 3.05) is 23.0 Å². The predicted molar refractivity (Wildman–Crippen MR) is 104 cm³/mol. The van der Waals surface area contributed by atoms with Gasteiger partial charge in [0.25, 0.3) is 11.1 Å². The Morgan fingerprint density at radius 2 is 1.96 bits per heavy atom. The van der Waals surface area contributed by atoms with Gasteiger partial charge in [0.2, 0.25) is 0 Å². The quantitative estimate of drug-likeness (QED) is 0.852. The van der Waals surface area contributed by atoms with Crippen LogP contribution in [-0.2, 0) is 0 Å². The van der Waals surface area contributed by atoms with Gasteiger partial charge in [0.15, 0.2) is 5.65 Å². The van der Waals surface area contributed by atoms with Crippen molar-refractivity contribution in [3.05, 3.63) is 11.8 Å². The van der Waals surface area contributed by atoms with E-state index in [1.165, 1.54) is 47.2 Å². The number of carbonyl (C=O) groups excluding carboxylic acids is 1. The van der Waals surface area contributed by atoms with Gasteiger partial charge in [-0.3, -0.25) is 4.79 Å². The third kappa shape index (κ3) is 3.28. The van der Waals surface area contributed by atoms with Crippen LogP contribution in [0.15, 0.2) is 6.07 Å². The van der Waals surface area contributed by atoms with Crippen LogP contribution in [0.3, 0.4) is 0 Å². The van der Waals surface area contributed by atoms with Gasteiger partial charge in [0.05, 0.1) is 4.70 Å². The minimum absolute atomic E-state index is 0.0113. The van der Waals surface area contributed by atoms with Crippen LogP contribution in [0.25, 0.3) is 10.3 Å². The fourth-order valence-corrected chi connectivity index (χ4v) is 9.37. The minimum atomic E-state index is -0.298. The lowest BCUT2D eigenvalue weighted by molar-refractivity contribution is 0.0930. The Kier molecular flexibility index (Phi) is 3.97. The van der Waals surface area contributed by atoms with Gasteiger partial charge in [-0.15, -0.1) is 0 Å². The van der Waals surface area contributed by atoms with Crippen molar-refractivity contribution in [2.45, 2.75) is 50.7 Å².